The van der Waals surface area contributed by atoms with Gasteiger partial charge in [-0.1, -0.05) is 26.0 Å². The van der Waals surface area contributed by atoms with Crippen molar-refractivity contribution in [1.29, 1.82) is 0 Å². The third kappa shape index (κ3) is 4.82. The molecule has 0 bridgehead atoms. The van der Waals surface area contributed by atoms with E-state index in [-0.39, 0.29) is 24.7 Å². The molecule has 1 aliphatic rings. The van der Waals surface area contributed by atoms with Crippen LogP contribution in [-0.4, -0.2) is 40.0 Å². The van der Waals surface area contributed by atoms with Crippen molar-refractivity contribution in [2.75, 3.05) is 11.4 Å². The van der Waals surface area contributed by atoms with Crippen molar-refractivity contribution in [2.45, 2.75) is 52.1 Å². The number of rotatable bonds is 8. The summed E-state index contributed by atoms with van der Waals surface area (Å²) in [5, 5.41) is 5.51. The number of amides is 4. The van der Waals surface area contributed by atoms with Gasteiger partial charge in [-0.2, -0.15) is 0 Å². The van der Waals surface area contributed by atoms with Gasteiger partial charge in [0.1, 0.15) is 11.9 Å². The lowest BCUT2D eigenvalue weighted by molar-refractivity contribution is -0.121. The summed E-state index contributed by atoms with van der Waals surface area (Å²) < 4.78 is 1.95. The number of nitrogens with zero attached hydrogens (tertiary/aromatic N) is 3. The number of aryl methyl sites for hydroxylation is 1. The molecule has 2 aromatic rings. The normalized spacial score (nSPS) is 16.4. The van der Waals surface area contributed by atoms with Crippen molar-refractivity contribution in [1.82, 2.24) is 20.2 Å². The number of hydrogen-bond donors (Lipinski definition) is 2. The van der Waals surface area contributed by atoms with Crippen LogP contribution in [0, 0.1) is 6.92 Å². The van der Waals surface area contributed by atoms with Gasteiger partial charge in [-0.25, -0.2) is 14.7 Å². The number of urea groups is 1. The Labute approximate surface area is 170 Å². The zero-order chi connectivity index (χ0) is 21.0. The summed E-state index contributed by atoms with van der Waals surface area (Å²) in [4.78, 5) is 42.3. The van der Waals surface area contributed by atoms with E-state index in [0.717, 1.165) is 16.3 Å². The molecule has 1 aromatic carbocycles. The molecule has 8 heteroatoms. The van der Waals surface area contributed by atoms with E-state index in [1.807, 2.05) is 29.8 Å². The first-order valence-corrected chi connectivity index (χ1v) is 9.85. The molecule has 29 heavy (non-hydrogen) atoms. The summed E-state index contributed by atoms with van der Waals surface area (Å²) in [6.45, 7) is 7.19. The molecule has 1 fully saturated rings. The SMILES string of the molecule is Cc1nccn1CCNC(=O)CC[C@H]1NC(=O)N(c2ccc(C(C)C)cc2)C1=O. The number of nitrogens with one attached hydrogen (secondary N) is 2. The van der Waals surface area contributed by atoms with Crippen LogP contribution in [-0.2, 0) is 16.1 Å². The molecule has 8 nitrogen and oxygen atoms in total. The van der Waals surface area contributed by atoms with Crippen LogP contribution in [0.1, 0.15) is 44.0 Å². The summed E-state index contributed by atoms with van der Waals surface area (Å²) in [7, 11) is 0. The standard InChI is InChI=1S/C21H27N5O3/c1-14(2)16-4-6-17(7-5-16)26-20(28)18(24-21(26)29)8-9-19(27)23-11-13-25-12-10-22-15(25)3/h4-7,10,12,14,18H,8-9,11,13H2,1-3H3,(H,23,27)(H,24,29)/t18-/m1/s1. The molecule has 1 aromatic heterocycles. The fourth-order valence-corrected chi connectivity index (χ4v) is 3.30. The zero-order valence-corrected chi connectivity index (χ0v) is 17.0. The summed E-state index contributed by atoms with van der Waals surface area (Å²) in [6, 6.07) is 6.26. The van der Waals surface area contributed by atoms with Crippen LogP contribution in [0.5, 0.6) is 0 Å². The minimum Gasteiger partial charge on any atom is -0.354 e. The van der Waals surface area contributed by atoms with E-state index in [4.69, 9.17) is 0 Å². The number of imidazole rings is 1. The predicted molar refractivity (Wildman–Crippen MR) is 110 cm³/mol. The van der Waals surface area contributed by atoms with Crippen molar-refractivity contribution in [2.24, 2.45) is 0 Å². The maximum absolute atomic E-state index is 12.7. The van der Waals surface area contributed by atoms with Gasteiger partial charge in [-0.05, 0) is 37.0 Å². The maximum Gasteiger partial charge on any atom is 0.329 e. The third-order valence-corrected chi connectivity index (χ3v) is 5.10. The van der Waals surface area contributed by atoms with Crippen LogP contribution in [0.15, 0.2) is 36.7 Å². The average molecular weight is 397 g/mol. The van der Waals surface area contributed by atoms with Gasteiger partial charge in [-0.15, -0.1) is 0 Å². The van der Waals surface area contributed by atoms with E-state index in [1.165, 1.54) is 0 Å². The number of imide groups is 1. The quantitative estimate of drug-likeness (QED) is 0.668. The Bertz CT molecular complexity index is 888. The molecule has 0 unspecified atom stereocenters. The molecular formula is C21H27N5O3. The lowest BCUT2D eigenvalue weighted by Crippen LogP contribution is -2.33. The highest BCUT2D eigenvalue weighted by Crippen LogP contribution is 2.24. The van der Waals surface area contributed by atoms with Crippen molar-refractivity contribution >= 4 is 23.5 Å². The van der Waals surface area contributed by atoms with Gasteiger partial charge in [0.15, 0.2) is 0 Å². The molecule has 1 saturated heterocycles. The highest BCUT2D eigenvalue weighted by molar-refractivity contribution is 6.21. The van der Waals surface area contributed by atoms with Gasteiger partial charge in [0.25, 0.3) is 5.91 Å². The summed E-state index contributed by atoms with van der Waals surface area (Å²) in [5.74, 6) is 0.787. The summed E-state index contributed by atoms with van der Waals surface area (Å²) >= 11 is 0. The van der Waals surface area contributed by atoms with Gasteiger partial charge in [0, 0.05) is 31.9 Å². The second-order valence-electron chi connectivity index (χ2n) is 7.48. The smallest absolute Gasteiger partial charge is 0.329 e. The molecule has 3 rings (SSSR count). The van der Waals surface area contributed by atoms with Crippen molar-refractivity contribution in [3.63, 3.8) is 0 Å². The Kier molecular flexibility index (Phi) is 6.31. The van der Waals surface area contributed by atoms with Gasteiger partial charge in [0.05, 0.1) is 5.69 Å². The highest BCUT2D eigenvalue weighted by Gasteiger charge is 2.38. The molecule has 0 aliphatic carbocycles. The van der Waals surface area contributed by atoms with E-state index in [2.05, 4.69) is 29.5 Å². The molecule has 0 saturated carbocycles. The van der Waals surface area contributed by atoms with Crippen LogP contribution in [0.4, 0.5) is 10.5 Å². The van der Waals surface area contributed by atoms with Crippen molar-refractivity contribution in [3.05, 3.63) is 48.0 Å². The number of carbonyl (C=O) groups excluding carboxylic acids is 3. The fraction of sp³-hybridized carbons (Fsp3) is 0.429. The second kappa shape index (κ2) is 8.89. The molecule has 4 amide bonds. The lowest BCUT2D eigenvalue weighted by Gasteiger charge is -2.14. The summed E-state index contributed by atoms with van der Waals surface area (Å²) in [5.41, 5.74) is 1.68. The fourth-order valence-electron chi connectivity index (χ4n) is 3.30. The third-order valence-electron chi connectivity index (χ3n) is 5.10. The Hall–Kier alpha value is -3.16. The van der Waals surface area contributed by atoms with E-state index >= 15 is 0 Å². The molecule has 0 radical (unpaired) electrons. The maximum atomic E-state index is 12.7. The minimum absolute atomic E-state index is 0.149. The monoisotopic (exact) mass is 397 g/mol. The molecule has 154 valence electrons. The van der Waals surface area contributed by atoms with Crippen LogP contribution >= 0.6 is 0 Å². The van der Waals surface area contributed by atoms with E-state index < -0.39 is 12.1 Å². The van der Waals surface area contributed by atoms with Crippen LogP contribution in [0.25, 0.3) is 0 Å². The number of benzene rings is 1. The van der Waals surface area contributed by atoms with Crippen molar-refractivity contribution in [3.8, 4) is 0 Å². The molecular weight excluding hydrogens is 370 g/mol. The van der Waals surface area contributed by atoms with Gasteiger partial charge in [0.2, 0.25) is 5.91 Å². The van der Waals surface area contributed by atoms with Crippen molar-refractivity contribution < 1.29 is 14.4 Å². The number of anilines is 1. The van der Waals surface area contributed by atoms with E-state index in [0.29, 0.717) is 24.7 Å². The first-order chi connectivity index (χ1) is 13.9. The van der Waals surface area contributed by atoms with Crippen LogP contribution in [0.3, 0.4) is 0 Å². The lowest BCUT2D eigenvalue weighted by atomic mass is 10.0. The van der Waals surface area contributed by atoms with Gasteiger partial charge < -0.3 is 15.2 Å². The zero-order valence-electron chi connectivity index (χ0n) is 17.0. The predicted octanol–water partition coefficient (Wildman–Crippen LogP) is 2.34. The Morgan fingerprint density at radius 2 is 1.97 bits per heavy atom. The molecule has 1 aliphatic heterocycles. The van der Waals surface area contributed by atoms with Gasteiger partial charge >= 0.3 is 6.03 Å². The minimum atomic E-state index is -0.686. The van der Waals surface area contributed by atoms with Gasteiger partial charge in [-0.3, -0.25) is 9.59 Å². The highest BCUT2D eigenvalue weighted by atomic mass is 16.2. The topological polar surface area (TPSA) is 96.3 Å². The first-order valence-electron chi connectivity index (χ1n) is 9.85. The largest absolute Gasteiger partial charge is 0.354 e. The Morgan fingerprint density at radius 3 is 2.59 bits per heavy atom. The molecule has 1 atom stereocenters. The van der Waals surface area contributed by atoms with E-state index in [9.17, 15) is 14.4 Å². The number of hydrogen-bond acceptors (Lipinski definition) is 4. The van der Waals surface area contributed by atoms with E-state index in [1.54, 1.807) is 18.3 Å². The number of aromatic nitrogens is 2. The summed E-state index contributed by atoms with van der Waals surface area (Å²) in [6.07, 6.45) is 4.00. The second-order valence-corrected chi connectivity index (χ2v) is 7.48. The molecule has 2 heterocycles. The molecule has 2 N–H and O–H groups in total. The average Bonchev–Trinajstić information content (AvgIpc) is 3.22. The Balaban J connectivity index is 1.49. The Morgan fingerprint density at radius 1 is 1.24 bits per heavy atom. The first kappa shape index (κ1) is 20.6. The number of carbonyl (C=O) groups is 3. The molecule has 0 spiro atoms. The van der Waals surface area contributed by atoms with Crippen LogP contribution in [0.2, 0.25) is 0 Å². The van der Waals surface area contributed by atoms with Crippen LogP contribution < -0.4 is 15.5 Å².